The molecule has 1 amide bonds. The van der Waals surface area contributed by atoms with E-state index in [2.05, 4.69) is 5.32 Å². The molecule has 1 N–H and O–H groups in total. The lowest BCUT2D eigenvalue weighted by atomic mass is 10.2. The predicted octanol–water partition coefficient (Wildman–Crippen LogP) is 4.26. The Kier molecular flexibility index (Phi) is 7.36. The zero-order valence-corrected chi connectivity index (χ0v) is 17.7. The number of hydrogen-bond acceptors (Lipinski definition) is 4. The van der Waals surface area contributed by atoms with Gasteiger partial charge in [-0.25, -0.2) is 8.42 Å². The van der Waals surface area contributed by atoms with Gasteiger partial charge in [0.05, 0.1) is 10.5 Å². The first kappa shape index (κ1) is 23.2. The summed E-state index contributed by atoms with van der Waals surface area (Å²) in [5, 5.41) is 2.56. The maximum absolute atomic E-state index is 12.7. The summed E-state index contributed by atoms with van der Waals surface area (Å²) < 4.78 is 64.1. The van der Waals surface area contributed by atoms with Crippen LogP contribution in [0.4, 0.5) is 13.2 Å². The summed E-state index contributed by atoms with van der Waals surface area (Å²) in [6.45, 7) is 3.57. The van der Waals surface area contributed by atoms with Gasteiger partial charge in [0.15, 0.2) is 0 Å². The van der Waals surface area contributed by atoms with E-state index in [0.717, 1.165) is 0 Å². The van der Waals surface area contributed by atoms with E-state index in [1.165, 1.54) is 47.8 Å². The normalized spacial score (nSPS) is 12.4. The molecular formula is C19H21F3N2O3S2. The number of rotatable bonds is 7. The van der Waals surface area contributed by atoms with Crippen LogP contribution in [0.15, 0.2) is 58.3 Å². The van der Waals surface area contributed by atoms with E-state index < -0.39 is 21.4 Å². The second kappa shape index (κ2) is 9.19. The molecule has 0 heterocycles. The number of carbonyl (C=O) groups is 1. The fraction of sp³-hybridized carbons (Fsp3) is 0.316. The molecule has 0 saturated heterocycles. The van der Waals surface area contributed by atoms with E-state index in [1.807, 2.05) is 0 Å². The molecular weight excluding hydrogens is 425 g/mol. The molecule has 0 unspecified atom stereocenters. The highest BCUT2D eigenvalue weighted by Crippen LogP contribution is 2.38. The molecule has 0 aromatic heterocycles. The van der Waals surface area contributed by atoms with E-state index in [9.17, 15) is 26.4 Å². The van der Waals surface area contributed by atoms with E-state index in [1.54, 1.807) is 26.0 Å². The number of alkyl halides is 3. The minimum atomic E-state index is -4.50. The number of benzene rings is 2. The Morgan fingerprint density at radius 2 is 1.69 bits per heavy atom. The third-order valence-corrected chi connectivity index (χ3v) is 6.99. The number of nitrogens with one attached hydrogen (secondary N) is 1. The van der Waals surface area contributed by atoms with Crippen LogP contribution in [0.2, 0.25) is 0 Å². The van der Waals surface area contributed by atoms with Crippen molar-refractivity contribution >= 4 is 27.7 Å². The molecule has 0 saturated carbocycles. The third-order valence-electron chi connectivity index (χ3n) is 4.14. The van der Waals surface area contributed by atoms with Gasteiger partial charge >= 0.3 is 5.51 Å². The van der Waals surface area contributed by atoms with Crippen LogP contribution >= 0.6 is 11.8 Å². The minimum absolute atomic E-state index is 0.0458. The first-order chi connectivity index (χ1) is 13.4. The Hall–Kier alpha value is -2.04. The van der Waals surface area contributed by atoms with Crippen LogP contribution in [0.3, 0.4) is 0 Å². The quantitative estimate of drug-likeness (QED) is 0.646. The molecule has 0 radical (unpaired) electrons. The van der Waals surface area contributed by atoms with Crippen molar-refractivity contribution in [1.82, 2.24) is 9.62 Å². The van der Waals surface area contributed by atoms with E-state index in [0.29, 0.717) is 5.56 Å². The van der Waals surface area contributed by atoms with Crippen LogP contribution in [0.25, 0.3) is 0 Å². The molecule has 29 heavy (non-hydrogen) atoms. The lowest BCUT2D eigenvalue weighted by molar-refractivity contribution is -0.0328. The lowest BCUT2D eigenvalue weighted by Crippen LogP contribution is -2.33. The van der Waals surface area contributed by atoms with Crippen molar-refractivity contribution in [3.63, 3.8) is 0 Å². The number of carbonyl (C=O) groups excluding carboxylic acids is 1. The van der Waals surface area contributed by atoms with Crippen molar-refractivity contribution in [1.29, 1.82) is 0 Å². The van der Waals surface area contributed by atoms with Gasteiger partial charge in [-0.2, -0.15) is 17.5 Å². The number of hydrogen-bond donors (Lipinski definition) is 1. The summed E-state index contributed by atoms with van der Waals surface area (Å²) in [7, 11) is -2.12. The Bertz CT molecular complexity index is 959. The first-order valence-corrected chi connectivity index (χ1v) is 10.9. The SMILES string of the molecule is CC(C)N(C)S(=O)(=O)c1ccc(CNC(=O)c2ccccc2SC(F)(F)F)cc1. The summed E-state index contributed by atoms with van der Waals surface area (Å²) in [5.41, 5.74) is -3.96. The number of sulfonamides is 1. The van der Waals surface area contributed by atoms with Crippen molar-refractivity contribution in [2.24, 2.45) is 0 Å². The smallest absolute Gasteiger partial charge is 0.348 e. The van der Waals surface area contributed by atoms with Gasteiger partial charge in [-0.05, 0) is 55.4 Å². The van der Waals surface area contributed by atoms with Gasteiger partial charge in [-0.1, -0.05) is 24.3 Å². The van der Waals surface area contributed by atoms with Crippen LogP contribution in [-0.4, -0.2) is 37.2 Å². The highest BCUT2D eigenvalue weighted by Gasteiger charge is 2.31. The Balaban J connectivity index is 2.09. The van der Waals surface area contributed by atoms with Crippen molar-refractivity contribution in [3.8, 4) is 0 Å². The zero-order valence-electron chi connectivity index (χ0n) is 16.0. The number of amides is 1. The number of halogens is 3. The summed E-state index contributed by atoms with van der Waals surface area (Å²) in [6.07, 6.45) is 0. The van der Waals surface area contributed by atoms with Crippen molar-refractivity contribution in [2.45, 2.75) is 41.7 Å². The average molecular weight is 447 g/mol. The van der Waals surface area contributed by atoms with E-state index >= 15 is 0 Å². The van der Waals surface area contributed by atoms with Crippen LogP contribution in [0, 0.1) is 0 Å². The minimum Gasteiger partial charge on any atom is -0.348 e. The van der Waals surface area contributed by atoms with E-state index in [-0.39, 0.29) is 39.7 Å². The summed E-state index contributed by atoms with van der Waals surface area (Å²) >= 11 is -0.345. The topological polar surface area (TPSA) is 66.5 Å². The molecule has 0 aliphatic rings. The monoisotopic (exact) mass is 446 g/mol. The molecule has 0 bridgehead atoms. The van der Waals surface area contributed by atoms with Crippen LogP contribution in [-0.2, 0) is 16.6 Å². The number of thioether (sulfide) groups is 1. The Morgan fingerprint density at radius 3 is 2.24 bits per heavy atom. The van der Waals surface area contributed by atoms with Crippen LogP contribution in [0.1, 0.15) is 29.8 Å². The molecule has 0 aliphatic heterocycles. The molecule has 0 aliphatic carbocycles. The van der Waals surface area contributed by atoms with Crippen molar-refractivity contribution in [2.75, 3.05) is 7.05 Å². The average Bonchev–Trinajstić information content (AvgIpc) is 2.64. The van der Waals surface area contributed by atoms with Crippen molar-refractivity contribution < 1.29 is 26.4 Å². The van der Waals surface area contributed by atoms with Crippen molar-refractivity contribution in [3.05, 3.63) is 59.7 Å². The third kappa shape index (κ3) is 6.22. The van der Waals surface area contributed by atoms with Gasteiger partial charge in [-0.15, -0.1) is 0 Å². The second-order valence-corrected chi connectivity index (χ2v) is 9.59. The summed E-state index contributed by atoms with van der Waals surface area (Å²) in [5.74, 6) is -0.645. The predicted molar refractivity (Wildman–Crippen MR) is 106 cm³/mol. The fourth-order valence-corrected chi connectivity index (χ4v) is 4.40. The number of nitrogens with zero attached hydrogens (tertiary/aromatic N) is 1. The van der Waals surface area contributed by atoms with Crippen LogP contribution < -0.4 is 5.32 Å². The molecule has 2 aromatic rings. The Labute approximate surface area is 172 Å². The molecule has 0 atom stereocenters. The Morgan fingerprint density at radius 1 is 1.10 bits per heavy atom. The molecule has 158 valence electrons. The standard InChI is InChI=1S/C19H21F3N2O3S2/c1-13(2)24(3)29(26,27)15-10-8-14(9-11-15)12-23-18(25)16-6-4-5-7-17(16)28-19(20,21)22/h4-11,13H,12H2,1-3H3,(H,23,25). The fourth-order valence-electron chi connectivity index (χ4n) is 2.37. The van der Waals surface area contributed by atoms with Gasteiger partial charge < -0.3 is 5.32 Å². The lowest BCUT2D eigenvalue weighted by Gasteiger charge is -2.21. The largest absolute Gasteiger partial charge is 0.446 e. The molecule has 10 heteroatoms. The van der Waals surface area contributed by atoms with Gasteiger partial charge in [0, 0.05) is 24.5 Å². The van der Waals surface area contributed by atoms with Gasteiger partial charge in [0.25, 0.3) is 5.91 Å². The highest BCUT2D eigenvalue weighted by atomic mass is 32.2. The maximum atomic E-state index is 12.7. The second-order valence-electron chi connectivity index (χ2n) is 6.49. The summed E-state index contributed by atoms with van der Waals surface area (Å²) in [6, 6.07) is 11.2. The highest BCUT2D eigenvalue weighted by molar-refractivity contribution is 8.00. The van der Waals surface area contributed by atoms with Crippen LogP contribution in [0.5, 0.6) is 0 Å². The summed E-state index contributed by atoms with van der Waals surface area (Å²) in [4.78, 5) is 12.3. The van der Waals surface area contributed by atoms with Gasteiger partial charge in [0.2, 0.25) is 10.0 Å². The van der Waals surface area contributed by atoms with Gasteiger partial charge in [0.1, 0.15) is 0 Å². The molecule has 2 aromatic carbocycles. The zero-order chi connectivity index (χ0) is 21.8. The first-order valence-electron chi connectivity index (χ1n) is 8.62. The van der Waals surface area contributed by atoms with Gasteiger partial charge in [-0.3, -0.25) is 4.79 Å². The maximum Gasteiger partial charge on any atom is 0.446 e. The van der Waals surface area contributed by atoms with E-state index in [4.69, 9.17) is 0 Å². The molecule has 0 fully saturated rings. The molecule has 0 spiro atoms. The molecule has 2 rings (SSSR count). The molecule has 5 nitrogen and oxygen atoms in total.